The van der Waals surface area contributed by atoms with Gasteiger partial charge in [0.05, 0.1) is 0 Å². The largest absolute Gasteiger partial charge is 0.0673 e. The molecule has 0 amide bonds. The molecule has 4 unspecified atom stereocenters. The Kier molecular flexibility index (Phi) is 3.23. The zero-order chi connectivity index (χ0) is 11.0. The van der Waals surface area contributed by atoms with E-state index in [1.807, 2.05) is 11.1 Å². The Balaban J connectivity index is 2.29. The highest BCUT2D eigenvalue weighted by molar-refractivity contribution is 5.30. The first-order chi connectivity index (χ1) is 7.19. The quantitative estimate of drug-likeness (QED) is 0.569. The molecule has 0 heterocycles. The van der Waals surface area contributed by atoms with Gasteiger partial charge in [0.25, 0.3) is 0 Å². The van der Waals surface area contributed by atoms with E-state index in [-0.39, 0.29) is 0 Å². The Morgan fingerprint density at radius 3 is 2.27 bits per heavy atom. The summed E-state index contributed by atoms with van der Waals surface area (Å²) in [5.74, 6) is 3.69. The number of rotatable bonds is 2. The van der Waals surface area contributed by atoms with Crippen molar-refractivity contribution >= 4 is 0 Å². The summed E-state index contributed by atoms with van der Waals surface area (Å²) >= 11 is 0. The molecule has 0 bridgehead atoms. The first kappa shape index (κ1) is 11.2. The van der Waals surface area contributed by atoms with E-state index in [0.29, 0.717) is 0 Å². The molecule has 0 nitrogen and oxygen atoms in total. The second-order valence-corrected chi connectivity index (χ2v) is 5.75. The Morgan fingerprint density at radius 2 is 1.67 bits per heavy atom. The van der Waals surface area contributed by atoms with Crippen LogP contribution in [0.15, 0.2) is 11.1 Å². The summed E-state index contributed by atoms with van der Waals surface area (Å²) in [5, 5.41) is 0. The minimum atomic E-state index is 0.887. The lowest BCUT2D eigenvalue weighted by atomic mass is 9.76. The molecule has 0 saturated heterocycles. The van der Waals surface area contributed by atoms with Crippen LogP contribution in [0, 0.1) is 23.7 Å². The van der Waals surface area contributed by atoms with Crippen molar-refractivity contribution in [1.82, 2.24) is 0 Å². The van der Waals surface area contributed by atoms with E-state index < -0.39 is 0 Å². The summed E-state index contributed by atoms with van der Waals surface area (Å²) < 4.78 is 0. The van der Waals surface area contributed by atoms with Gasteiger partial charge >= 0.3 is 0 Å². The summed E-state index contributed by atoms with van der Waals surface area (Å²) in [6, 6.07) is 0. The van der Waals surface area contributed by atoms with Gasteiger partial charge in [-0.2, -0.15) is 0 Å². The SMILES string of the molecule is CCC1CC2=C(C(C)CCC2C)C1CC. The van der Waals surface area contributed by atoms with Crippen molar-refractivity contribution in [2.45, 2.75) is 59.8 Å². The van der Waals surface area contributed by atoms with Crippen LogP contribution >= 0.6 is 0 Å². The summed E-state index contributed by atoms with van der Waals surface area (Å²) in [7, 11) is 0. The van der Waals surface area contributed by atoms with E-state index in [1.54, 1.807) is 0 Å². The molecule has 0 aliphatic heterocycles. The van der Waals surface area contributed by atoms with Crippen LogP contribution in [0.25, 0.3) is 0 Å². The third kappa shape index (κ3) is 1.77. The molecule has 0 radical (unpaired) electrons. The topological polar surface area (TPSA) is 0 Å². The lowest BCUT2D eigenvalue weighted by Crippen LogP contribution is -2.17. The van der Waals surface area contributed by atoms with Crippen molar-refractivity contribution in [2.75, 3.05) is 0 Å². The van der Waals surface area contributed by atoms with Gasteiger partial charge in [0.1, 0.15) is 0 Å². The predicted molar refractivity (Wildman–Crippen MR) is 66.8 cm³/mol. The van der Waals surface area contributed by atoms with Crippen LogP contribution in [0.5, 0.6) is 0 Å². The van der Waals surface area contributed by atoms with Crippen molar-refractivity contribution in [2.24, 2.45) is 23.7 Å². The van der Waals surface area contributed by atoms with Crippen molar-refractivity contribution in [3.63, 3.8) is 0 Å². The molecule has 0 fully saturated rings. The fraction of sp³-hybridized carbons (Fsp3) is 0.867. The molecule has 0 spiro atoms. The van der Waals surface area contributed by atoms with Crippen LogP contribution in [-0.4, -0.2) is 0 Å². The maximum atomic E-state index is 2.46. The van der Waals surface area contributed by atoms with Gasteiger partial charge in [-0.25, -0.2) is 0 Å². The number of hydrogen-bond acceptors (Lipinski definition) is 0. The van der Waals surface area contributed by atoms with E-state index in [9.17, 15) is 0 Å². The fourth-order valence-electron chi connectivity index (χ4n) is 4.01. The van der Waals surface area contributed by atoms with Gasteiger partial charge < -0.3 is 0 Å². The highest BCUT2D eigenvalue weighted by Gasteiger charge is 2.38. The molecule has 0 aromatic heterocycles. The molecule has 0 heteroatoms. The van der Waals surface area contributed by atoms with E-state index in [2.05, 4.69) is 27.7 Å². The number of allylic oxidation sites excluding steroid dienone is 2. The summed E-state index contributed by atoms with van der Waals surface area (Å²) in [6.07, 6.45) is 7.05. The maximum absolute atomic E-state index is 2.46. The monoisotopic (exact) mass is 206 g/mol. The first-order valence-electron chi connectivity index (χ1n) is 6.91. The molecular formula is C15H26. The molecule has 2 aliphatic carbocycles. The predicted octanol–water partition coefficient (Wildman–Crippen LogP) is 4.81. The second kappa shape index (κ2) is 4.31. The van der Waals surface area contributed by atoms with Gasteiger partial charge in [0.2, 0.25) is 0 Å². The highest BCUT2D eigenvalue weighted by Crippen LogP contribution is 2.51. The number of hydrogen-bond donors (Lipinski definition) is 0. The van der Waals surface area contributed by atoms with E-state index in [1.165, 1.54) is 32.1 Å². The normalized spacial score (nSPS) is 40.8. The van der Waals surface area contributed by atoms with Gasteiger partial charge in [-0.3, -0.25) is 0 Å². The fourth-order valence-corrected chi connectivity index (χ4v) is 4.01. The first-order valence-corrected chi connectivity index (χ1v) is 6.91. The summed E-state index contributed by atoms with van der Waals surface area (Å²) in [5.41, 5.74) is 3.76. The van der Waals surface area contributed by atoms with Crippen LogP contribution in [0.1, 0.15) is 59.8 Å². The van der Waals surface area contributed by atoms with E-state index in [4.69, 9.17) is 0 Å². The summed E-state index contributed by atoms with van der Waals surface area (Å²) in [6.45, 7) is 9.67. The van der Waals surface area contributed by atoms with Gasteiger partial charge in [-0.05, 0) is 49.4 Å². The minimum absolute atomic E-state index is 0.887. The molecule has 4 atom stereocenters. The van der Waals surface area contributed by atoms with Crippen molar-refractivity contribution in [3.05, 3.63) is 11.1 Å². The lowest BCUT2D eigenvalue weighted by molar-refractivity contribution is 0.363. The van der Waals surface area contributed by atoms with Gasteiger partial charge in [-0.15, -0.1) is 0 Å². The Bertz CT molecular complexity index is 261. The van der Waals surface area contributed by atoms with Crippen LogP contribution in [0.3, 0.4) is 0 Å². The van der Waals surface area contributed by atoms with E-state index in [0.717, 1.165) is 23.7 Å². The zero-order valence-corrected chi connectivity index (χ0v) is 10.8. The van der Waals surface area contributed by atoms with Gasteiger partial charge in [0, 0.05) is 0 Å². The van der Waals surface area contributed by atoms with Crippen LogP contribution in [0.4, 0.5) is 0 Å². The lowest BCUT2D eigenvalue weighted by Gasteiger charge is -2.30. The molecule has 0 N–H and O–H groups in total. The van der Waals surface area contributed by atoms with Crippen LogP contribution < -0.4 is 0 Å². The highest BCUT2D eigenvalue weighted by atomic mass is 14.4. The molecule has 0 saturated carbocycles. The maximum Gasteiger partial charge on any atom is -0.0169 e. The Morgan fingerprint density at radius 1 is 1.00 bits per heavy atom. The average molecular weight is 206 g/mol. The third-order valence-corrected chi connectivity index (χ3v) is 4.94. The van der Waals surface area contributed by atoms with Gasteiger partial charge in [-0.1, -0.05) is 45.3 Å². The smallest absolute Gasteiger partial charge is 0.0169 e. The average Bonchev–Trinajstić information content (AvgIpc) is 2.63. The van der Waals surface area contributed by atoms with Crippen LogP contribution in [0.2, 0.25) is 0 Å². The van der Waals surface area contributed by atoms with E-state index >= 15 is 0 Å². The third-order valence-electron chi connectivity index (χ3n) is 4.94. The molecule has 86 valence electrons. The molecule has 2 rings (SSSR count). The zero-order valence-electron chi connectivity index (χ0n) is 10.8. The van der Waals surface area contributed by atoms with Crippen LogP contribution in [-0.2, 0) is 0 Å². The molecule has 0 aromatic rings. The molecular weight excluding hydrogens is 180 g/mol. The minimum Gasteiger partial charge on any atom is -0.0673 e. The molecule has 15 heavy (non-hydrogen) atoms. The Hall–Kier alpha value is -0.260. The van der Waals surface area contributed by atoms with Crippen molar-refractivity contribution < 1.29 is 0 Å². The van der Waals surface area contributed by atoms with Gasteiger partial charge in [0.15, 0.2) is 0 Å². The molecule has 2 aliphatic rings. The molecule has 0 aromatic carbocycles. The summed E-state index contributed by atoms with van der Waals surface area (Å²) in [4.78, 5) is 0. The van der Waals surface area contributed by atoms with Crippen molar-refractivity contribution in [3.8, 4) is 0 Å². The van der Waals surface area contributed by atoms with Crippen molar-refractivity contribution in [1.29, 1.82) is 0 Å². The standard InChI is InChI=1S/C15H26/c1-5-12-9-14-10(3)7-8-11(4)15(14)13(12)6-2/h10-13H,5-9H2,1-4H3. The Labute approximate surface area is 95.1 Å². The second-order valence-electron chi connectivity index (χ2n) is 5.75.